The van der Waals surface area contributed by atoms with Gasteiger partial charge < -0.3 is 20.3 Å². The molecule has 0 aliphatic carbocycles. The molecule has 1 aromatic carbocycles. The minimum Gasteiger partial charge on any atom is -0.381 e. The summed E-state index contributed by atoms with van der Waals surface area (Å²) < 4.78 is 5.50. The van der Waals surface area contributed by atoms with Crippen LogP contribution < -0.4 is 10.6 Å². The van der Waals surface area contributed by atoms with Crippen molar-refractivity contribution in [3.8, 4) is 0 Å². The molecule has 1 aliphatic heterocycles. The van der Waals surface area contributed by atoms with Gasteiger partial charge in [-0.3, -0.25) is 4.79 Å². The molecule has 0 aromatic heterocycles. The Morgan fingerprint density at radius 2 is 1.88 bits per heavy atom. The molecule has 2 rings (SSSR count). The Morgan fingerprint density at radius 3 is 2.54 bits per heavy atom. The van der Waals surface area contributed by atoms with Gasteiger partial charge in [-0.15, -0.1) is 0 Å². The summed E-state index contributed by atoms with van der Waals surface area (Å²) in [6.07, 6.45) is 2.21. The van der Waals surface area contributed by atoms with E-state index in [-0.39, 0.29) is 17.9 Å². The molecule has 1 aliphatic rings. The molecule has 2 N–H and O–H groups in total. The first-order valence-electron chi connectivity index (χ1n) is 9.52. The molecule has 1 aromatic rings. The van der Waals surface area contributed by atoms with Crippen LogP contribution >= 0.6 is 0 Å². The maximum atomic E-state index is 12.3. The molecule has 1 saturated heterocycles. The van der Waals surface area contributed by atoms with Crippen LogP contribution in [0.3, 0.4) is 0 Å². The molecule has 0 unspecified atom stereocenters. The summed E-state index contributed by atoms with van der Waals surface area (Å²) in [6, 6.07) is 9.43. The fourth-order valence-electron chi connectivity index (χ4n) is 2.91. The van der Waals surface area contributed by atoms with Crippen LogP contribution in [0.25, 0.3) is 0 Å². The lowest BCUT2D eigenvalue weighted by molar-refractivity contribution is -0.121. The summed E-state index contributed by atoms with van der Waals surface area (Å²) >= 11 is 0. The molecule has 1 fully saturated rings. The van der Waals surface area contributed by atoms with Crippen molar-refractivity contribution < 1.29 is 14.3 Å². The number of nitrogens with zero attached hydrogens (tertiary/aromatic N) is 1. The van der Waals surface area contributed by atoms with Crippen LogP contribution in [0, 0.1) is 11.8 Å². The Balaban J connectivity index is 1.61. The van der Waals surface area contributed by atoms with Gasteiger partial charge in [0.15, 0.2) is 0 Å². The van der Waals surface area contributed by atoms with Crippen LogP contribution in [0.4, 0.5) is 10.5 Å². The lowest BCUT2D eigenvalue weighted by Gasteiger charge is -2.31. The molecule has 6 nitrogen and oxygen atoms in total. The van der Waals surface area contributed by atoms with E-state index in [0.717, 1.165) is 18.7 Å². The number of urea groups is 1. The topological polar surface area (TPSA) is 70.7 Å². The number of benzene rings is 1. The lowest BCUT2D eigenvalue weighted by Crippen LogP contribution is -2.46. The highest BCUT2D eigenvalue weighted by molar-refractivity contribution is 5.92. The van der Waals surface area contributed by atoms with E-state index in [9.17, 15) is 9.59 Å². The van der Waals surface area contributed by atoms with Gasteiger partial charge in [0.1, 0.15) is 0 Å². The average Bonchev–Trinajstić information content (AvgIpc) is 2.65. The molecule has 0 spiro atoms. The number of likely N-dealkylation sites (tertiary alicyclic amines) is 1. The Kier molecular flexibility index (Phi) is 8.41. The van der Waals surface area contributed by atoms with Crippen molar-refractivity contribution in [2.24, 2.45) is 11.8 Å². The second kappa shape index (κ2) is 10.8. The monoisotopic (exact) mass is 361 g/mol. The number of piperidine rings is 1. The van der Waals surface area contributed by atoms with Gasteiger partial charge in [-0.1, -0.05) is 32.0 Å². The fraction of sp³-hybridized carbons (Fsp3) is 0.600. The van der Waals surface area contributed by atoms with Crippen molar-refractivity contribution in [3.05, 3.63) is 30.3 Å². The lowest BCUT2D eigenvalue weighted by atomic mass is 9.96. The van der Waals surface area contributed by atoms with E-state index in [0.29, 0.717) is 45.0 Å². The Labute approximate surface area is 156 Å². The number of rotatable bonds is 8. The number of anilines is 1. The number of ether oxygens (including phenoxy) is 1. The van der Waals surface area contributed by atoms with E-state index in [4.69, 9.17) is 4.74 Å². The number of para-hydroxylation sites is 1. The smallest absolute Gasteiger partial charge is 0.317 e. The van der Waals surface area contributed by atoms with Gasteiger partial charge in [-0.05, 0) is 37.3 Å². The van der Waals surface area contributed by atoms with Gasteiger partial charge in [-0.2, -0.15) is 0 Å². The third kappa shape index (κ3) is 7.04. The molecule has 6 heteroatoms. The van der Waals surface area contributed by atoms with Crippen molar-refractivity contribution in [2.75, 3.05) is 38.2 Å². The third-order valence-electron chi connectivity index (χ3n) is 4.39. The van der Waals surface area contributed by atoms with E-state index in [1.165, 1.54) is 0 Å². The molecular formula is C20H31N3O3. The second-order valence-electron chi connectivity index (χ2n) is 7.17. The van der Waals surface area contributed by atoms with Crippen molar-refractivity contribution in [1.29, 1.82) is 0 Å². The molecule has 1 heterocycles. The standard InChI is InChI=1S/C20H31N3O3/c1-16(2)15-26-14-6-11-21-20(25)23-12-9-17(10-13-23)19(24)22-18-7-4-3-5-8-18/h3-5,7-8,16-17H,6,9-15H2,1-2H3,(H,21,25)(H,22,24). The first-order chi connectivity index (χ1) is 12.6. The van der Waals surface area contributed by atoms with E-state index in [1.807, 2.05) is 30.3 Å². The Hall–Kier alpha value is -2.08. The van der Waals surface area contributed by atoms with Crippen molar-refractivity contribution in [1.82, 2.24) is 10.2 Å². The molecular weight excluding hydrogens is 330 g/mol. The highest BCUT2D eigenvalue weighted by Crippen LogP contribution is 2.19. The zero-order valence-corrected chi connectivity index (χ0v) is 15.9. The van der Waals surface area contributed by atoms with Gasteiger partial charge in [-0.25, -0.2) is 4.79 Å². The number of carbonyl (C=O) groups is 2. The number of nitrogens with one attached hydrogen (secondary N) is 2. The first kappa shape index (κ1) is 20.2. The van der Waals surface area contributed by atoms with E-state index < -0.39 is 0 Å². The number of carbonyl (C=O) groups excluding carboxylic acids is 2. The summed E-state index contributed by atoms with van der Waals surface area (Å²) in [4.78, 5) is 26.3. The predicted octanol–water partition coefficient (Wildman–Crippen LogP) is 3.11. The molecule has 0 saturated carbocycles. The van der Waals surface area contributed by atoms with Crippen LogP contribution in [-0.4, -0.2) is 49.7 Å². The van der Waals surface area contributed by atoms with Crippen LogP contribution in [0.15, 0.2) is 30.3 Å². The fourth-order valence-corrected chi connectivity index (χ4v) is 2.91. The largest absolute Gasteiger partial charge is 0.381 e. The van der Waals surface area contributed by atoms with Crippen molar-refractivity contribution in [2.45, 2.75) is 33.1 Å². The van der Waals surface area contributed by atoms with Crippen LogP contribution in [0.1, 0.15) is 33.1 Å². The molecule has 144 valence electrons. The maximum Gasteiger partial charge on any atom is 0.317 e. The summed E-state index contributed by atoms with van der Waals surface area (Å²) in [6.45, 7) is 7.50. The molecule has 0 atom stereocenters. The van der Waals surface area contributed by atoms with Crippen molar-refractivity contribution >= 4 is 17.6 Å². The predicted molar refractivity (Wildman–Crippen MR) is 103 cm³/mol. The average molecular weight is 361 g/mol. The van der Waals surface area contributed by atoms with E-state index >= 15 is 0 Å². The molecule has 26 heavy (non-hydrogen) atoms. The maximum absolute atomic E-state index is 12.3. The van der Waals surface area contributed by atoms with E-state index in [2.05, 4.69) is 24.5 Å². The summed E-state index contributed by atoms with van der Waals surface area (Å²) in [7, 11) is 0. The Bertz CT molecular complexity index is 555. The second-order valence-corrected chi connectivity index (χ2v) is 7.17. The van der Waals surface area contributed by atoms with Gasteiger partial charge in [0, 0.05) is 44.5 Å². The summed E-state index contributed by atoms with van der Waals surface area (Å²) in [5.41, 5.74) is 0.817. The molecule has 0 bridgehead atoms. The zero-order chi connectivity index (χ0) is 18.8. The van der Waals surface area contributed by atoms with Gasteiger partial charge in [0.05, 0.1) is 0 Å². The minimum atomic E-state index is -0.0456. The van der Waals surface area contributed by atoms with Crippen molar-refractivity contribution in [3.63, 3.8) is 0 Å². The first-order valence-corrected chi connectivity index (χ1v) is 9.52. The minimum absolute atomic E-state index is 0.0383. The van der Waals surface area contributed by atoms with Crippen LogP contribution in [0.2, 0.25) is 0 Å². The van der Waals surface area contributed by atoms with Gasteiger partial charge >= 0.3 is 6.03 Å². The Morgan fingerprint density at radius 1 is 1.19 bits per heavy atom. The van der Waals surface area contributed by atoms with Gasteiger partial charge in [0.25, 0.3) is 0 Å². The van der Waals surface area contributed by atoms with Gasteiger partial charge in [0.2, 0.25) is 5.91 Å². The number of hydrogen-bond acceptors (Lipinski definition) is 3. The number of hydrogen-bond donors (Lipinski definition) is 2. The van der Waals surface area contributed by atoms with E-state index in [1.54, 1.807) is 4.90 Å². The van der Waals surface area contributed by atoms with Crippen LogP contribution in [0.5, 0.6) is 0 Å². The highest BCUT2D eigenvalue weighted by atomic mass is 16.5. The highest BCUT2D eigenvalue weighted by Gasteiger charge is 2.27. The quantitative estimate of drug-likeness (QED) is 0.699. The third-order valence-corrected chi connectivity index (χ3v) is 4.39. The summed E-state index contributed by atoms with van der Waals surface area (Å²) in [5.74, 6) is 0.534. The SMILES string of the molecule is CC(C)COCCCNC(=O)N1CCC(C(=O)Nc2ccccc2)CC1. The molecule has 0 radical (unpaired) electrons. The summed E-state index contributed by atoms with van der Waals surface area (Å²) in [5, 5.41) is 5.88. The normalized spacial score (nSPS) is 15.1. The van der Waals surface area contributed by atoms with Crippen LogP contribution in [-0.2, 0) is 9.53 Å². The number of amides is 3. The zero-order valence-electron chi connectivity index (χ0n) is 15.9. The molecule has 3 amide bonds.